The Bertz CT molecular complexity index is 1010. The number of nitrogens with one attached hydrogen (secondary N) is 2. The van der Waals surface area contributed by atoms with Gasteiger partial charge in [0.15, 0.2) is 11.7 Å². The number of aliphatic imine (C=N–C) groups is 1. The van der Waals surface area contributed by atoms with Crippen molar-refractivity contribution in [2.75, 3.05) is 20.2 Å². The minimum Gasteiger partial charge on any atom is -0.494 e. The van der Waals surface area contributed by atoms with E-state index in [4.69, 9.17) is 4.74 Å². The summed E-state index contributed by atoms with van der Waals surface area (Å²) in [5.74, 6) is 1.21. The van der Waals surface area contributed by atoms with Crippen LogP contribution in [-0.4, -0.2) is 35.9 Å². The van der Waals surface area contributed by atoms with Gasteiger partial charge in [0.05, 0.1) is 6.61 Å². The van der Waals surface area contributed by atoms with Crippen LogP contribution in [0.4, 0.5) is 13.2 Å². The monoisotopic (exact) mass is 419 g/mol. The standard InChI is InChI=1S/C21H24F3N5O/c1-25-20(27-13-17-14-29(2)28-19(17)21(22,23)24)26-10-5-11-30-18-9-8-15-6-3-4-7-16(15)12-18/h3-4,6-9,12,14H,5,10-11,13H2,1-2H3,(H2,25,26,27). The molecule has 30 heavy (non-hydrogen) atoms. The van der Waals surface area contributed by atoms with E-state index < -0.39 is 11.9 Å². The molecular weight excluding hydrogens is 395 g/mol. The molecule has 160 valence electrons. The molecule has 0 bridgehead atoms. The maximum absolute atomic E-state index is 13.0. The maximum Gasteiger partial charge on any atom is 0.435 e. The van der Waals surface area contributed by atoms with Gasteiger partial charge in [-0.25, -0.2) is 0 Å². The fourth-order valence-electron chi connectivity index (χ4n) is 3.03. The second-order valence-electron chi connectivity index (χ2n) is 6.74. The van der Waals surface area contributed by atoms with Gasteiger partial charge >= 0.3 is 6.18 Å². The van der Waals surface area contributed by atoms with Crippen LogP contribution >= 0.6 is 0 Å². The smallest absolute Gasteiger partial charge is 0.435 e. The number of rotatable bonds is 7. The number of hydrogen-bond donors (Lipinski definition) is 2. The molecule has 0 saturated carbocycles. The number of halogens is 3. The molecule has 0 fully saturated rings. The number of hydrogen-bond acceptors (Lipinski definition) is 3. The van der Waals surface area contributed by atoms with Crippen LogP contribution in [0.25, 0.3) is 10.8 Å². The molecule has 0 spiro atoms. The van der Waals surface area contributed by atoms with Crippen LogP contribution < -0.4 is 15.4 Å². The second-order valence-corrected chi connectivity index (χ2v) is 6.74. The van der Waals surface area contributed by atoms with Crippen molar-refractivity contribution >= 4 is 16.7 Å². The van der Waals surface area contributed by atoms with Crippen LogP contribution in [0.15, 0.2) is 53.7 Å². The average molecular weight is 419 g/mol. The highest BCUT2D eigenvalue weighted by Gasteiger charge is 2.36. The average Bonchev–Trinajstić information content (AvgIpc) is 3.11. The number of fused-ring (bicyclic) bond motifs is 1. The summed E-state index contributed by atoms with van der Waals surface area (Å²) in [6, 6.07) is 14.0. The first-order chi connectivity index (χ1) is 14.4. The summed E-state index contributed by atoms with van der Waals surface area (Å²) < 4.78 is 46.0. The highest BCUT2D eigenvalue weighted by Crippen LogP contribution is 2.30. The highest BCUT2D eigenvalue weighted by molar-refractivity contribution is 5.83. The zero-order chi connectivity index (χ0) is 21.6. The maximum atomic E-state index is 13.0. The van der Waals surface area contributed by atoms with Crippen molar-refractivity contribution in [2.45, 2.75) is 19.1 Å². The Morgan fingerprint density at radius 2 is 1.90 bits per heavy atom. The van der Waals surface area contributed by atoms with Gasteiger partial charge < -0.3 is 15.4 Å². The molecule has 0 amide bonds. The van der Waals surface area contributed by atoms with Crippen LogP contribution in [0, 0.1) is 0 Å². The van der Waals surface area contributed by atoms with Crippen molar-refractivity contribution in [1.29, 1.82) is 0 Å². The van der Waals surface area contributed by atoms with Crippen molar-refractivity contribution in [3.05, 3.63) is 59.9 Å². The lowest BCUT2D eigenvalue weighted by molar-refractivity contribution is -0.142. The van der Waals surface area contributed by atoms with Gasteiger partial charge in [0.2, 0.25) is 0 Å². The van der Waals surface area contributed by atoms with Gasteiger partial charge in [0.1, 0.15) is 5.75 Å². The van der Waals surface area contributed by atoms with Crippen molar-refractivity contribution in [1.82, 2.24) is 20.4 Å². The van der Waals surface area contributed by atoms with Gasteiger partial charge in [-0.3, -0.25) is 9.67 Å². The number of aromatic nitrogens is 2. The van der Waals surface area contributed by atoms with E-state index in [1.165, 1.54) is 13.2 Å². The molecule has 1 aromatic heterocycles. The third-order valence-electron chi connectivity index (χ3n) is 4.45. The van der Waals surface area contributed by atoms with E-state index in [1.54, 1.807) is 7.05 Å². The second kappa shape index (κ2) is 9.51. The number of alkyl halides is 3. The molecule has 0 aliphatic heterocycles. The zero-order valence-electron chi connectivity index (χ0n) is 16.8. The summed E-state index contributed by atoms with van der Waals surface area (Å²) in [6.07, 6.45) is -2.44. The molecule has 3 aromatic rings. The van der Waals surface area contributed by atoms with E-state index in [1.807, 2.05) is 42.5 Å². The van der Waals surface area contributed by atoms with Gasteiger partial charge in [-0.2, -0.15) is 18.3 Å². The highest BCUT2D eigenvalue weighted by atomic mass is 19.4. The van der Waals surface area contributed by atoms with E-state index in [0.717, 1.165) is 21.2 Å². The number of guanidine groups is 1. The quantitative estimate of drug-likeness (QED) is 0.348. The first-order valence-corrected chi connectivity index (χ1v) is 9.52. The molecule has 0 unspecified atom stereocenters. The summed E-state index contributed by atoms with van der Waals surface area (Å²) >= 11 is 0. The van der Waals surface area contributed by atoms with Gasteiger partial charge in [0.25, 0.3) is 0 Å². The van der Waals surface area contributed by atoms with Gasteiger partial charge in [-0.05, 0) is 29.3 Å². The minimum absolute atomic E-state index is 0.0318. The summed E-state index contributed by atoms with van der Waals surface area (Å²) in [7, 11) is 3.02. The topological polar surface area (TPSA) is 63.5 Å². The lowest BCUT2D eigenvalue weighted by Crippen LogP contribution is -2.38. The Hall–Kier alpha value is -3.23. The van der Waals surface area contributed by atoms with Crippen LogP contribution in [0.5, 0.6) is 5.75 Å². The van der Waals surface area contributed by atoms with E-state index in [2.05, 4.69) is 20.7 Å². The molecular formula is C21H24F3N5O. The summed E-state index contributed by atoms with van der Waals surface area (Å²) in [5, 5.41) is 11.7. The largest absolute Gasteiger partial charge is 0.494 e. The zero-order valence-corrected chi connectivity index (χ0v) is 16.8. The lowest BCUT2D eigenvalue weighted by Gasteiger charge is -2.13. The minimum atomic E-state index is -4.49. The Balaban J connectivity index is 1.42. The molecule has 6 nitrogen and oxygen atoms in total. The van der Waals surface area contributed by atoms with E-state index >= 15 is 0 Å². The van der Waals surface area contributed by atoms with Crippen molar-refractivity contribution in [3.63, 3.8) is 0 Å². The summed E-state index contributed by atoms with van der Waals surface area (Å²) in [6.45, 7) is 1.03. The Labute approximate surface area is 172 Å². The molecule has 0 aliphatic carbocycles. The van der Waals surface area contributed by atoms with Gasteiger partial charge in [0, 0.05) is 38.9 Å². The van der Waals surface area contributed by atoms with Crippen molar-refractivity contribution < 1.29 is 17.9 Å². The van der Waals surface area contributed by atoms with Crippen LogP contribution in [0.1, 0.15) is 17.7 Å². The van der Waals surface area contributed by atoms with E-state index in [0.29, 0.717) is 25.5 Å². The van der Waals surface area contributed by atoms with Crippen LogP contribution in [0.3, 0.4) is 0 Å². The number of benzene rings is 2. The summed E-state index contributed by atoms with van der Waals surface area (Å²) in [4.78, 5) is 4.04. The van der Waals surface area contributed by atoms with Crippen molar-refractivity contribution in [2.24, 2.45) is 12.0 Å². The molecule has 0 saturated heterocycles. The van der Waals surface area contributed by atoms with Crippen molar-refractivity contribution in [3.8, 4) is 5.75 Å². The molecule has 2 N–H and O–H groups in total. The molecule has 2 aromatic carbocycles. The first-order valence-electron chi connectivity index (χ1n) is 9.52. The van der Waals surface area contributed by atoms with Gasteiger partial charge in [-0.1, -0.05) is 30.3 Å². The third kappa shape index (κ3) is 5.65. The lowest BCUT2D eigenvalue weighted by atomic mass is 10.1. The SMILES string of the molecule is CN=C(NCCCOc1ccc2ccccc2c1)NCc1cn(C)nc1C(F)(F)F. The number of ether oxygens (including phenoxy) is 1. The predicted molar refractivity (Wildman–Crippen MR) is 110 cm³/mol. The Morgan fingerprint density at radius 3 is 2.63 bits per heavy atom. The fourth-order valence-corrected chi connectivity index (χ4v) is 3.03. The normalized spacial score (nSPS) is 12.2. The fraction of sp³-hybridized carbons (Fsp3) is 0.333. The molecule has 9 heteroatoms. The molecule has 0 atom stereocenters. The Morgan fingerprint density at radius 1 is 1.13 bits per heavy atom. The Kier molecular flexibility index (Phi) is 6.81. The molecule has 1 heterocycles. The van der Waals surface area contributed by atoms with E-state index in [9.17, 15) is 13.2 Å². The summed E-state index contributed by atoms with van der Waals surface area (Å²) in [5.41, 5.74) is -0.829. The number of nitrogens with zero attached hydrogens (tertiary/aromatic N) is 3. The van der Waals surface area contributed by atoms with E-state index in [-0.39, 0.29) is 12.1 Å². The first kappa shape index (κ1) is 21.5. The van der Waals surface area contributed by atoms with Gasteiger partial charge in [-0.15, -0.1) is 0 Å². The molecule has 0 aliphatic rings. The molecule has 0 radical (unpaired) electrons. The molecule has 3 rings (SSSR count). The number of aryl methyl sites for hydroxylation is 1. The van der Waals surface area contributed by atoms with Crippen LogP contribution in [0.2, 0.25) is 0 Å². The van der Waals surface area contributed by atoms with Crippen LogP contribution in [-0.2, 0) is 19.8 Å². The predicted octanol–water partition coefficient (Wildman–Crippen LogP) is 3.73. The third-order valence-corrected chi connectivity index (χ3v) is 4.45.